The Hall–Kier alpha value is -1.74. The van der Waals surface area contributed by atoms with Gasteiger partial charge in [-0.1, -0.05) is 13.2 Å². The minimum Gasteiger partial charge on any atom is -0.433 e. The summed E-state index contributed by atoms with van der Waals surface area (Å²) in [5.74, 6) is -2.61. The van der Waals surface area contributed by atoms with E-state index < -0.39 is 36.4 Å². The zero-order valence-electron chi connectivity index (χ0n) is 9.30. The summed E-state index contributed by atoms with van der Waals surface area (Å²) >= 11 is 0. The Bertz CT molecular complexity index is 294. The van der Waals surface area contributed by atoms with Crippen molar-refractivity contribution in [3.8, 4) is 0 Å². The summed E-state index contributed by atoms with van der Waals surface area (Å²) in [4.78, 5) is 22.0. The molecule has 0 aromatic carbocycles. The van der Waals surface area contributed by atoms with Gasteiger partial charge in [-0.2, -0.15) is 0 Å². The Morgan fingerprint density at radius 3 is 1.33 bits per heavy atom. The molecule has 8 heteroatoms. The molecule has 8 nitrogen and oxygen atoms in total. The molecule has 0 amide bonds. The molecule has 0 saturated carbocycles. The lowest BCUT2D eigenvalue weighted by Crippen LogP contribution is -2.50. The maximum atomic E-state index is 11.0. The number of aliphatic hydroxyl groups is 4. The SMILES string of the molecule is C=COC(=O)C(O)C(O)C(O)C(O)C(=O)OC=C. The van der Waals surface area contributed by atoms with E-state index in [1.165, 1.54) is 0 Å². The lowest BCUT2D eigenvalue weighted by Gasteiger charge is -2.23. The summed E-state index contributed by atoms with van der Waals surface area (Å²) in [5, 5.41) is 37.1. The van der Waals surface area contributed by atoms with E-state index in [0.717, 1.165) is 0 Å². The highest BCUT2D eigenvalue weighted by molar-refractivity contribution is 5.77. The van der Waals surface area contributed by atoms with Crippen LogP contribution in [0.4, 0.5) is 0 Å². The van der Waals surface area contributed by atoms with Gasteiger partial charge in [-0.3, -0.25) is 0 Å². The number of carbonyl (C=O) groups is 2. The molecule has 0 radical (unpaired) electrons. The van der Waals surface area contributed by atoms with Gasteiger partial charge in [-0.15, -0.1) is 0 Å². The molecule has 18 heavy (non-hydrogen) atoms. The van der Waals surface area contributed by atoms with Crippen molar-refractivity contribution in [2.45, 2.75) is 24.4 Å². The van der Waals surface area contributed by atoms with Gasteiger partial charge >= 0.3 is 11.9 Å². The fourth-order valence-electron chi connectivity index (χ4n) is 0.956. The predicted octanol–water partition coefficient (Wildman–Crippen LogP) is -2.20. The van der Waals surface area contributed by atoms with E-state index in [9.17, 15) is 30.0 Å². The van der Waals surface area contributed by atoms with Crippen LogP contribution in [0.2, 0.25) is 0 Å². The zero-order valence-corrected chi connectivity index (χ0v) is 9.30. The molecule has 0 saturated heterocycles. The summed E-state index contributed by atoms with van der Waals surface area (Å²) < 4.78 is 8.31. The predicted molar refractivity (Wildman–Crippen MR) is 56.6 cm³/mol. The Morgan fingerprint density at radius 1 is 0.833 bits per heavy atom. The van der Waals surface area contributed by atoms with Crippen LogP contribution in [0.15, 0.2) is 25.7 Å². The van der Waals surface area contributed by atoms with Gasteiger partial charge in [0.1, 0.15) is 12.2 Å². The zero-order chi connectivity index (χ0) is 14.3. The summed E-state index contributed by atoms with van der Waals surface area (Å²) in [6.45, 7) is 6.08. The van der Waals surface area contributed by atoms with Crippen molar-refractivity contribution in [1.29, 1.82) is 0 Å². The number of hydrogen-bond acceptors (Lipinski definition) is 8. The van der Waals surface area contributed by atoms with Crippen molar-refractivity contribution in [3.05, 3.63) is 25.7 Å². The summed E-state index contributed by atoms with van der Waals surface area (Å²) in [7, 11) is 0. The second-order valence-corrected chi connectivity index (χ2v) is 3.08. The van der Waals surface area contributed by atoms with Gasteiger partial charge in [0.15, 0.2) is 12.2 Å². The molecule has 0 aliphatic heterocycles. The fourth-order valence-corrected chi connectivity index (χ4v) is 0.956. The quantitative estimate of drug-likeness (QED) is 0.300. The molecule has 4 N–H and O–H groups in total. The van der Waals surface area contributed by atoms with E-state index >= 15 is 0 Å². The van der Waals surface area contributed by atoms with E-state index in [1.807, 2.05) is 0 Å². The minimum atomic E-state index is -2.16. The maximum Gasteiger partial charge on any atom is 0.342 e. The van der Waals surface area contributed by atoms with Gasteiger partial charge in [0.05, 0.1) is 12.5 Å². The van der Waals surface area contributed by atoms with Crippen LogP contribution < -0.4 is 0 Å². The van der Waals surface area contributed by atoms with Crippen LogP contribution in [0.1, 0.15) is 0 Å². The van der Waals surface area contributed by atoms with E-state index in [4.69, 9.17) is 0 Å². The third kappa shape index (κ3) is 4.26. The van der Waals surface area contributed by atoms with Crippen molar-refractivity contribution < 1.29 is 39.5 Å². The molecule has 102 valence electrons. The second kappa shape index (κ2) is 7.56. The number of aliphatic hydroxyl groups excluding tert-OH is 4. The third-order valence-corrected chi connectivity index (χ3v) is 1.88. The average molecular weight is 262 g/mol. The molecule has 0 bridgehead atoms. The molecule has 0 aromatic rings. The van der Waals surface area contributed by atoms with Gasteiger partial charge in [0.25, 0.3) is 0 Å². The van der Waals surface area contributed by atoms with Gasteiger partial charge in [0, 0.05) is 0 Å². The third-order valence-electron chi connectivity index (χ3n) is 1.88. The van der Waals surface area contributed by atoms with Crippen LogP contribution in [-0.4, -0.2) is 56.8 Å². The van der Waals surface area contributed by atoms with Crippen LogP contribution in [0.5, 0.6) is 0 Å². The maximum absolute atomic E-state index is 11.0. The Morgan fingerprint density at radius 2 is 1.11 bits per heavy atom. The standard InChI is InChI=1S/C10H14O8/c1-3-17-9(15)7(13)5(11)6(12)8(14)10(16)18-4-2/h3-8,11-14H,1-2H2. The Labute approximate surface area is 102 Å². The van der Waals surface area contributed by atoms with Crippen molar-refractivity contribution >= 4 is 11.9 Å². The smallest absolute Gasteiger partial charge is 0.342 e. The highest BCUT2D eigenvalue weighted by Crippen LogP contribution is 2.08. The van der Waals surface area contributed by atoms with Crippen molar-refractivity contribution in [3.63, 3.8) is 0 Å². The van der Waals surface area contributed by atoms with Crippen LogP contribution in [0.3, 0.4) is 0 Å². The lowest BCUT2D eigenvalue weighted by molar-refractivity contribution is -0.173. The number of esters is 2. The van der Waals surface area contributed by atoms with Gasteiger partial charge < -0.3 is 29.9 Å². The van der Waals surface area contributed by atoms with Crippen LogP contribution in [0.25, 0.3) is 0 Å². The van der Waals surface area contributed by atoms with Gasteiger partial charge in [-0.25, -0.2) is 9.59 Å². The first kappa shape index (κ1) is 16.3. The average Bonchev–Trinajstić information content (AvgIpc) is 2.35. The molecule has 0 aliphatic carbocycles. The molecular weight excluding hydrogens is 248 g/mol. The monoisotopic (exact) mass is 262 g/mol. The van der Waals surface area contributed by atoms with E-state index in [-0.39, 0.29) is 0 Å². The normalized spacial score (nSPS) is 16.9. The number of ether oxygens (including phenoxy) is 2. The fraction of sp³-hybridized carbons (Fsp3) is 0.400. The van der Waals surface area contributed by atoms with Crippen molar-refractivity contribution in [2.75, 3.05) is 0 Å². The molecule has 4 unspecified atom stereocenters. The molecule has 0 aliphatic rings. The number of carbonyl (C=O) groups excluding carboxylic acids is 2. The lowest BCUT2D eigenvalue weighted by atomic mass is 10.0. The number of hydrogen-bond donors (Lipinski definition) is 4. The van der Waals surface area contributed by atoms with Gasteiger partial charge in [-0.05, 0) is 0 Å². The minimum absolute atomic E-state index is 0.701. The summed E-state index contributed by atoms with van der Waals surface area (Å²) in [6, 6.07) is 0. The highest BCUT2D eigenvalue weighted by atomic mass is 16.6. The number of rotatable bonds is 7. The first-order valence-electron chi connectivity index (χ1n) is 4.71. The molecule has 0 spiro atoms. The topological polar surface area (TPSA) is 134 Å². The molecule has 0 aromatic heterocycles. The largest absolute Gasteiger partial charge is 0.433 e. The molecular formula is C10H14O8. The van der Waals surface area contributed by atoms with Crippen LogP contribution in [-0.2, 0) is 19.1 Å². The van der Waals surface area contributed by atoms with Crippen LogP contribution in [0, 0.1) is 0 Å². The van der Waals surface area contributed by atoms with Crippen molar-refractivity contribution in [2.24, 2.45) is 0 Å². The van der Waals surface area contributed by atoms with Crippen molar-refractivity contribution in [1.82, 2.24) is 0 Å². The van der Waals surface area contributed by atoms with E-state index in [2.05, 4.69) is 22.6 Å². The van der Waals surface area contributed by atoms with Crippen LogP contribution >= 0.6 is 0 Å². The molecule has 0 rings (SSSR count). The molecule has 4 atom stereocenters. The second-order valence-electron chi connectivity index (χ2n) is 3.08. The Kier molecular flexibility index (Phi) is 6.83. The van der Waals surface area contributed by atoms with E-state index in [1.54, 1.807) is 0 Å². The Balaban J connectivity index is 4.61. The van der Waals surface area contributed by atoms with E-state index in [0.29, 0.717) is 12.5 Å². The first-order chi connectivity index (χ1) is 8.36. The molecule has 0 heterocycles. The summed E-state index contributed by atoms with van der Waals surface area (Å²) in [5.41, 5.74) is 0. The highest BCUT2D eigenvalue weighted by Gasteiger charge is 2.38. The molecule has 0 fully saturated rings. The first-order valence-corrected chi connectivity index (χ1v) is 4.71. The van der Waals surface area contributed by atoms with Gasteiger partial charge in [0.2, 0.25) is 0 Å². The summed E-state index contributed by atoms with van der Waals surface area (Å²) in [6.07, 6.45) is -7.22.